The van der Waals surface area contributed by atoms with E-state index in [9.17, 15) is 14.4 Å². The van der Waals surface area contributed by atoms with Gasteiger partial charge in [0.1, 0.15) is 13.2 Å². The zero-order chi connectivity index (χ0) is 57.8. The molecule has 0 saturated heterocycles. The summed E-state index contributed by atoms with van der Waals surface area (Å²) in [5.74, 6) is -0.891. The van der Waals surface area contributed by atoms with Crippen LogP contribution in [0.25, 0.3) is 0 Å². The third-order valence-electron chi connectivity index (χ3n) is 14.9. The second kappa shape index (κ2) is 67.8. The Balaban J connectivity index is 4.09. The third kappa shape index (κ3) is 65.1. The van der Waals surface area contributed by atoms with Gasteiger partial charge in [-0.25, -0.2) is 0 Å². The average molecular weight is 1110 g/mol. The van der Waals surface area contributed by atoms with Crippen molar-refractivity contribution in [3.8, 4) is 0 Å². The summed E-state index contributed by atoms with van der Waals surface area (Å²) in [7, 11) is 0. The number of ether oxygens (including phenoxy) is 3. The highest BCUT2D eigenvalue weighted by Gasteiger charge is 2.19. The van der Waals surface area contributed by atoms with Crippen LogP contribution in [0.1, 0.15) is 335 Å². The van der Waals surface area contributed by atoms with Crippen molar-refractivity contribution in [2.75, 3.05) is 13.2 Å². The molecule has 0 aromatic rings. The zero-order valence-corrected chi connectivity index (χ0v) is 52.8. The molecule has 0 aliphatic carbocycles. The minimum Gasteiger partial charge on any atom is -0.462 e. The molecule has 80 heavy (non-hydrogen) atoms. The van der Waals surface area contributed by atoms with E-state index in [1.54, 1.807) is 0 Å². The summed E-state index contributed by atoms with van der Waals surface area (Å²) in [5, 5.41) is 0. The predicted octanol–water partition coefficient (Wildman–Crippen LogP) is 23.6. The quantitative estimate of drug-likeness (QED) is 0.0261. The molecule has 0 radical (unpaired) electrons. The molecular weight excluding hydrogens is 985 g/mol. The fraction of sp³-hybridized carbons (Fsp3) is 0.743. The van der Waals surface area contributed by atoms with E-state index in [0.717, 1.165) is 122 Å². The molecule has 6 heteroatoms. The van der Waals surface area contributed by atoms with E-state index in [1.165, 1.54) is 173 Å². The molecule has 6 nitrogen and oxygen atoms in total. The first-order chi connectivity index (χ1) is 39.5. The van der Waals surface area contributed by atoms with Crippen molar-refractivity contribution in [3.63, 3.8) is 0 Å². The Kier molecular flexibility index (Phi) is 64.7. The van der Waals surface area contributed by atoms with Gasteiger partial charge in [0, 0.05) is 19.3 Å². The van der Waals surface area contributed by atoms with Crippen molar-refractivity contribution < 1.29 is 28.6 Å². The van der Waals surface area contributed by atoms with Crippen LogP contribution in [0.2, 0.25) is 0 Å². The Bertz CT molecular complexity index is 1560. The van der Waals surface area contributed by atoms with Gasteiger partial charge in [-0.15, -0.1) is 0 Å². The molecule has 0 aromatic carbocycles. The van der Waals surface area contributed by atoms with Crippen LogP contribution in [0.3, 0.4) is 0 Å². The maximum Gasteiger partial charge on any atom is 0.306 e. The molecule has 1 unspecified atom stereocenters. The summed E-state index contributed by atoms with van der Waals surface area (Å²) >= 11 is 0. The van der Waals surface area contributed by atoms with Crippen molar-refractivity contribution in [1.29, 1.82) is 0 Å². The molecule has 0 rings (SSSR count). The maximum absolute atomic E-state index is 12.9. The first kappa shape index (κ1) is 76.3. The van der Waals surface area contributed by atoms with Crippen LogP contribution in [0.4, 0.5) is 0 Å². The highest BCUT2D eigenvalue weighted by Crippen LogP contribution is 2.17. The molecule has 0 spiro atoms. The van der Waals surface area contributed by atoms with E-state index in [4.69, 9.17) is 14.2 Å². The molecule has 0 aliphatic heterocycles. The SMILES string of the molecule is CC/C=C\C/C=C\C/C=C\C/C=C\C/C=C\C/C=C\C/C=C\C/C=C\CCCCCCCCC(=O)OCC(COC(=O)CCCCCCCC)OC(=O)CCCCCCCCCCCCCCCCCCCCCCCCCCC. The molecule has 0 saturated carbocycles. The fourth-order valence-electron chi connectivity index (χ4n) is 9.76. The highest BCUT2D eigenvalue weighted by molar-refractivity contribution is 5.71. The van der Waals surface area contributed by atoms with Crippen molar-refractivity contribution >= 4 is 17.9 Å². The topological polar surface area (TPSA) is 78.9 Å². The summed E-state index contributed by atoms with van der Waals surface area (Å²) in [4.78, 5) is 38.1. The van der Waals surface area contributed by atoms with E-state index in [1.807, 2.05) is 0 Å². The molecule has 0 aliphatic rings. The van der Waals surface area contributed by atoms with Gasteiger partial charge in [0.25, 0.3) is 0 Å². The van der Waals surface area contributed by atoms with Crippen molar-refractivity contribution in [2.45, 2.75) is 341 Å². The summed E-state index contributed by atoms with van der Waals surface area (Å²) in [6.07, 6.45) is 91.8. The van der Waals surface area contributed by atoms with Crippen LogP contribution in [0.5, 0.6) is 0 Å². The summed E-state index contributed by atoms with van der Waals surface area (Å²) in [6, 6.07) is 0. The fourth-order valence-corrected chi connectivity index (χ4v) is 9.76. The monoisotopic (exact) mass is 1110 g/mol. The second-order valence-corrected chi connectivity index (χ2v) is 22.7. The van der Waals surface area contributed by atoms with E-state index < -0.39 is 6.10 Å². The van der Waals surface area contributed by atoms with E-state index >= 15 is 0 Å². The van der Waals surface area contributed by atoms with Crippen molar-refractivity contribution in [3.05, 3.63) is 97.2 Å². The van der Waals surface area contributed by atoms with E-state index in [0.29, 0.717) is 19.3 Å². The van der Waals surface area contributed by atoms with Gasteiger partial charge < -0.3 is 14.2 Å². The Labute approximate surface area is 496 Å². The van der Waals surface area contributed by atoms with Gasteiger partial charge in [-0.05, 0) is 83.5 Å². The van der Waals surface area contributed by atoms with Crippen LogP contribution in [0.15, 0.2) is 97.2 Å². The standard InChI is InChI=1S/C74H128O6/c1-4-7-10-13-16-18-20-22-24-26-28-30-32-34-35-36-37-38-39-41-42-44-46-48-50-52-54-56-58-61-64-67-73(76)79-70-71(69-78-72(75)66-63-60-15-12-9-6-3)80-74(77)68-65-62-59-57-55-53-51-49-47-45-43-40-33-31-29-27-25-23-21-19-17-14-11-8-5-2/h7,10,16,18,22,24,28,30,34-35,37-38,41-42,46,48,71H,4-6,8-9,11-15,17,19-21,23,25-27,29,31-33,36,39-40,43-45,47,49-70H2,1-3H3/b10-7-,18-16-,24-22-,30-28-,35-34-,38-37-,42-41-,48-46-. The number of unbranched alkanes of at least 4 members (excludes halogenated alkanes) is 35. The van der Waals surface area contributed by atoms with Crippen molar-refractivity contribution in [1.82, 2.24) is 0 Å². The Morgan fingerprint density at radius 1 is 0.263 bits per heavy atom. The van der Waals surface area contributed by atoms with Gasteiger partial charge in [0.15, 0.2) is 6.10 Å². The van der Waals surface area contributed by atoms with Crippen LogP contribution in [0, 0.1) is 0 Å². The number of carbonyl (C=O) groups is 3. The zero-order valence-electron chi connectivity index (χ0n) is 52.8. The van der Waals surface area contributed by atoms with Gasteiger partial charge in [-0.3, -0.25) is 14.4 Å². The number of carbonyl (C=O) groups excluding carboxylic acids is 3. The normalized spacial score (nSPS) is 12.7. The lowest BCUT2D eigenvalue weighted by molar-refractivity contribution is -0.167. The molecule has 0 fully saturated rings. The Morgan fingerprint density at radius 3 is 0.762 bits per heavy atom. The summed E-state index contributed by atoms with van der Waals surface area (Å²) < 4.78 is 16.8. The first-order valence-corrected chi connectivity index (χ1v) is 34.2. The van der Waals surface area contributed by atoms with E-state index in [-0.39, 0.29) is 31.1 Å². The second-order valence-electron chi connectivity index (χ2n) is 22.7. The molecule has 0 aromatic heterocycles. The average Bonchev–Trinajstić information content (AvgIpc) is 3.46. The maximum atomic E-state index is 12.9. The summed E-state index contributed by atoms with van der Waals surface area (Å²) in [5.41, 5.74) is 0. The minimum absolute atomic E-state index is 0.0792. The largest absolute Gasteiger partial charge is 0.462 e. The number of hydrogen-bond acceptors (Lipinski definition) is 6. The van der Waals surface area contributed by atoms with Crippen LogP contribution in [-0.4, -0.2) is 37.2 Å². The van der Waals surface area contributed by atoms with Crippen molar-refractivity contribution in [2.24, 2.45) is 0 Å². The van der Waals surface area contributed by atoms with Gasteiger partial charge in [0.05, 0.1) is 0 Å². The minimum atomic E-state index is -0.780. The number of rotatable bonds is 62. The third-order valence-corrected chi connectivity index (χ3v) is 14.9. The highest BCUT2D eigenvalue weighted by atomic mass is 16.6. The molecule has 0 bridgehead atoms. The Hall–Kier alpha value is -3.67. The van der Waals surface area contributed by atoms with Crippen LogP contribution >= 0.6 is 0 Å². The molecule has 1 atom stereocenters. The predicted molar refractivity (Wildman–Crippen MR) is 348 cm³/mol. The lowest BCUT2D eigenvalue weighted by atomic mass is 10.0. The number of esters is 3. The van der Waals surface area contributed by atoms with Gasteiger partial charge in [-0.1, -0.05) is 330 Å². The number of allylic oxidation sites excluding steroid dienone is 16. The van der Waals surface area contributed by atoms with Crippen LogP contribution < -0.4 is 0 Å². The van der Waals surface area contributed by atoms with Crippen LogP contribution in [-0.2, 0) is 28.6 Å². The molecular formula is C74H128O6. The molecule has 0 amide bonds. The van der Waals surface area contributed by atoms with Gasteiger partial charge in [0.2, 0.25) is 0 Å². The lowest BCUT2D eigenvalue weighted by Gasteiger charge is -2.18. The lowest BCUT2D eigenvalue weighted by Crippen LogP contribution is -2.30. The van der Waals surface area contributed by atoms with Gasteiger partial charge in [-0.2, -0.15) is 0 Å². The number of hydrogen-bond donors (Lipinski definition) is 0. The van der Waals surface area contributed by atoms with Gasteiger partial charge >= 0.3 is 17.9 Å². The van der Waals surface area contributed by atoms with E-state index in [2.05, 4.69) is 118 Å². The summed E-state index contributed by atoms with van der Waals surface area (Å²) in [6.45, 7) is 6.49. The molecule has 0 heterocycles. The smallest absolute Gasteiger partial charge is 0.306 e. The molecule has 460 valence electrons. The molecule has 0 N–H and O–H groups in total. The Morgan fingerprint density at radius 2 is 0.487 bits per heavy atom. The first-order valence-electron chi connectivity index (χ1n) is 34.2.